The van der Waals surface area contributed by atoms with Gasteiger partial charge in [-0.1, -0.05) is 12.1 Å². The van der Waals surface area contributed by atoms with Crippen LogP contribution in [0.2, 0.25) is 0 Å². The number of para-hydroxylation sites is 1. The fraction of sp³-hybridized carbons (Fsp3) is 0.235. The number of rotatable bonds is 5. The van der Waals surface area contributed by atoms with E-state index in [2.05, 4.69) is 10.4 Å². The smallest absolute Gasteiger partial charge is 0.418 e. The van der Waals surface area contributed by atoms with Crippen LogP contribution in [-0.2, 0) is 15.7 Å². The summed E-state index contributed by atoms with van der Waals surface area (Å²) < 4.78 is 45.6. The van der Waals surface area contributed by atoms with E-state index in [9.17, 15) is 18.0 Å². The van der Waals surface area contributed by atoms with E-state index in [0.29, 0.717) is 5.69 Å². The zero-order chi connectivity index (χ0) is 19.3. The Kier molecular flexibility index (Phi) is 5.67. The van der Waals surface area contributed by atoms with Gasteiger partial charge in [-0.25, -0.2) is 9.48 Å². The first kappa shape index (κ1) is 19.1. The lowest BCUT2D eigenvalue weighted by atomic mass is 10.1. The molecule has 2 rings (SSSR count). The van der Waals surface area contributed by atoms with Crippen molar-refractivity contribution in [3.63, 3.8) is 0 Å². The summed E-state index contributed by atoms with van der Waals surface area (Å²) in [6.07, 6.45) is -3.49. The molecule has 1 aromatic carbocycles. The number of ether oxygens (including phenoxy) is 1. The molecule has 1 N–H and O–H groups in total. The van der Waals surface area contributed by atoms with Crippen molar-refractivity contribution in [2.75, 3.05) is 11.9 Å². The Hall–Kier alpha value is -3.28. The molecule has 0 unspecified atom stereocenters. The van der Waals surface area contributed by atoms with Crippen molar-refractivity contribution in [2.45, 2.75) is 20.0 Å². The fourth-order valence-electron chi connectivity index (χ4n) is 2.18. The Balaban J connectivity index is 2.45. The van der Waals surface area contributed by atoms with Crippen LogP contribution in [0, 0.1) is 18.3 Å². The molecule has 26 heavy (non-hydrogen) atoms. The predicted molar refractivity (Wildman–Crippen MR) is 87.3 cm³/mol. The molecule has 1 heterocycles. The molecule has 0 aliphatic heterocycles. The van der Waals surface area contributed by atoms with Crippen LogP contribution < -0.4 is 5.32 Å². The van der Waals surface area contributed by atoms with Crippen molar-refractivity contribution >= 4 is 11.8 Å². The van der Waals surface area contributed by atoms with Crippen LogP contribution in [0.4, 0.5) is 19.0 Å². The Labute approximate surface area is 147 Å². The Bertz CT molecular complexity index is 879. The first-order chi connectivity index (χ1) is 12.3. The van der Waals surface area contributed by atoms with Gasteiger partial charge < -0.3 is 10.1 Å². The number of nitriles is 1. The lowest BCUT2D eigenvalue weighted by Crippen LogP contribution is -2.13. The number of hydrogen-bond donors (Lipinski definition) is 1. The van der Waals surface area contributed by atoms with Gasteiger partial charge in [-0.05, 0) is 26.0 Å². The summed E-state index contributed by atoms with van der Waals surface area (Å²) in [6, 6.07) is 8.13. The van der Waals surface area contributed by atoms with E-state index in [-0.39, 0.29) is 23.7 Å². The van der Waals surface area contributed by atoms with Crippen molar-refractivity contribution in [3.05, 3.63) is 53.4 Å². The van der Waals surface area contributed by atoms with E-state index < -0.39 is 17.7 Å². The quantitative estimate of drug-likeness (QED) is 0.498. The lowest BCUT2D eigenvalue weighted by Gasteiger charge is -2.14. The molecule has 0 atom stereocenters. The number of alkyl halides is 3. The number of halogens is 3. The van der Waals surface area contributed by atoms with Gasteiger partial charge in [0.05, 0.1) is 23.6 Å². The Morgan fingerprint density at radius 2 is 2.12 bits per heavy atom. The average molecular weight is 364 g/mol. The summed E-state index contributed by atoms with van der Waals surface area (Å²) in [5.74, 6) is -0.669. The highest BCUT2D eigenvalue weighted by Gasteiger charge is 2.34. The van der Waals surface area contributed by atoms with E-state index in [1.807, 2.05) is 0 Å². The SMILES string of the molecule is CCOC(=O)/C(C#N)=C/Nc1cc(C)nn1-c1ccccc1C(F)(F)F. The molecule has 0 bridgehead atoms. The van der Waals surface area contributed by atoms with Crippen molar-refractivity contribution in [2.24, 2.45) is 0 Å². The van der Waals surface area contributed by atoms with Crippen molar-refractivity contribution in [1.29, 1.82) is 5.26 Å². The van der Waals surface area contributed by atoms with Gasteiger partial charge in [0.2, 0.25) is 0 Å². The number of anilines is 1. The number of benzene rings is 1. The molecule has 0 aliphatic rings. The monoisotopic (exact) mass is 364 g/mol. The molecule has 136 valence electrons. The van der Waals surface area contributed by atoms with Crippen LogP contribution in [0.5, 0.6) is 0 Å². The highest BCUT2D eigenvalue weighted by Crippen LogP contribution is 2.34. The largest absolute Gasteiger partial charge is 0.462 e. The molecular formula is C17H15F3N4O2. The molecule has 1 aromatic heterocycles. The first-order valence-electron chi connectivity index (χ1n) is 7.55. The molecule has 0 spiro atoms. The van der Waals surface area contributed by atoms with Crippen LogP contribution in [0.1, 0.15) is 18.2 Å². The minimum Gasteiger partial charge on any atom is -0.462 e. The maximum absolute atomic E-state index is 13.3. The Morgan fingerprint density at radius 3 is 2.73 bits per heavy atom. The number of aryl methyl sites for hydroxylation is 1. The Morgan fingerprint density at radius 1 is 1.42 bits per heavy atom. The number of aromatic nitrogens is 2. The molecule has 0 aliphatic carbocycles. The lowest BCUT2D eigenvalue weighted by molar-refractivity contribution is -0.138. The maximum atomic E-state index is 13.3. The van der Waals surface area contributed by atoms with Gasteiger partial charge in [-0.3, -0.25) is 0 Å². The predicted octanol–water partition coefficient (Wildman–Crippen LogP) is 3.58. The van der Waals surface area contributed by atoms with Crippen LogP contribution in [0.25, 0.3) is 5.69 Å². The molecule has 0 saturated heterocycles. The van der Waals surface area contributed by atoms with Gasteiger partial charge in [0.25, 0.3) is 0 Å². The molecule has 6 nitrogen and oxygen atoms in total. The normalized spacial score (nSPS) is 11.8. The van der Waals surface area contributed by atoms with Gasteiger partial charge in [-0.2, -0.15) is 23.5 Å². The molecule has 0 radical (unpaired) electrons. The highest BCUT2D eigenvalue weighted by atomic mass is 19.4. The number of carbonyl (C=O) groups is 1. The van der Waals surface area contributed by atoms with Crippen LogP contribution in [-0.4, -0.2) is 22.4 Å². The van der Waals surface area contributed by atoms with Crippen molar-refractivity contribution in [3.8, 4) is 11.8 Å². The van der Waals surface area contributed by atoms with Crippen LogP contribution >= 0.6 is 0 Å². The minimum absolute atomic E-state index is 0.0911. The standard InChI is InChI=1S/C17H15F3N4O2/c1-3-26-16(25)12(9-21)10-22-15-8-11(2)23-24(15)14-7-5-4-6-13(14)17(18,19)20/h4-8,10,22H,3H2,1-2H3/b12-10+. The third-order valence-corrected chi connectivity index (χ3v) is 3.25. The second kappa shape index (κ2) is 7.74. The van der Waals surface area contributed by atoms with Crippen molar-refractivity contribution in [1.82, 2.24) is 9.78 Å². The van der Waals surface area contributed by atoms with Gasteiger partial charge in [0.1, 0.15) is 11.9 Å². The number of esters is 1. The van der Waals surface area contributed by atoms with Gasteiger partial charge in [-0.15, -0.1) is 0 Å². The summed E-state index contributed by atoms with van der Waals surface area (Å²) in [5, 5.41) is 15.7. The third kappa shape index (κ3) is 4.22. The van der Waals surface area contributed by atoms with E-state index >= 15 is 0 Å². The number of hydrogen-bond acceptors (Lipinski definition) is 5. The molecule has 9 heteroatoms. The first-order valence-corrected chi connectivity index (χ1v) is 7.55. The average Bonchev–Trinajstić information content (AvgIpc) is 2.95. The molecule has 2 aromatic rings. The summed E-state index contributed by atoms with van der Waals surface area (Å²) in [6.45, 7) is 3.29. The second-order valence-corrected chi connectivity index (χ2v) is 5.13. The van der Waals surface area contributed by atoms with Crippen LogP contribution in [0.3, 0.4) is 0 Å². The zero-order valence-electron chi connectivity index (χ0n) is 14.0. The van der Waals surface area contributed by atoms with Crippen LogP contribution in [0.15, 0.2) is 42.1 Å². The summed E-state index contributed by atoms with van der Waals surface area (Å²) >= 11 is 0. The summed E-state index contributed by atoms with van der Waals surface area (Å²) in [5.41, 5.74) is -0.909. The second-order valence-electron chi connectivity index (χ2n) is 5.13. The van der Waals surface area contributed by atoms with Gasteiger partial charge >= 0.3 is 12.1 Å². The maximum Gasteiger partial charge on any atom is 0.418 e. The zero-order valence-corrected chi connectivity index (χ0v) is 14.0. The number of nitrogens with one attached hydrogen (secondary N) is 1. The minimum atomic E-state index is -4.56. The molecule has 0 saturated carbocycles. The topological polar surface area (TPSA) is 79.9 Å². The third-order valence-electron chi connectivity index (χ3n) is 3.25. The van der Waals surface area contributed by atoms with E-state index in [4.69, 9.17) is 10.00 Å². The molecular weight excluding hydrogens is 349 g/mol. The van der Waals surface area contributed by atoms with E-state index in [0.717, 1.165) is 16.9 Å². The number of carbonyl (C=O) groups excluding carboxylic acids is 1. The van der Waals surface area contributed by atoms with E-state index in [1.54, 1.807) is 19.9 Å². The number of nitrogens with zero attached hydrogens (tertiary/aromatic N) is 3. The van der Waals surface area contributed by atoms with Gasteiger partial charge in [0, 0.05) is 12.3 Å². The van der Waals surface area contributed by atoms with E-state index in [1.165, 1.54) is 24.3 Å². The highest BCUT2D eigenvalue weighted by molar-refractivity contribution is 5.93. The fourth-order valence-corrected chi connectivity index (χ4v) is 2.18. The molecule has 0 amide bonds. The summed E-state index contributed by atoms with van der Waals surface area (Å²) in [7, 11) is 0. The molecule has 0 fully saturated rings. The summed E-state index contributed by atoms with van der Waals surface area (Å²) in [4.78, 5) is 11.6. The van der Waals surface area contributed by atoms with Gasteiger partial charge in [0.15, 0.2) is 5.57 Å². The van der Waals surface area contributed by atoms with Crippen molar-refractivity contribution < 1.29 is 22.7 Å².